The first-order valence-corrected chi connectivity index (χ1v) is 7.15. The number of anilines is 1. The van der Waals surface area contributed by atoms with Gasteiger partial charge in [0.2, 0.25) is 5.91 Å². The number of carbonyl (C=O) groups excluding carboxylic acids is 1. The van der Waals surface area contributed by atoms with E-state index in [2.05, 4.69) is 5.32 Å². The van der Waals surface area contributed by atoms with Crippen LogP contribution in [0.4, 0.5) is 5.69 Å². The fourth-order valence-corrected chi connectivity index (χ4v) is 2.28. The van der Waals surface area contributed by atoms with Crippen molar-refractivity contribution in [1.29, 1.82) is 5.26 Å². The lowest BCUT2D eigenvalue weighted by molar-refractivity contribution is -0.115. The third-order valence-electron chi connectivity index (χ3n) is 2.57. The number of nitriles is 1. The molecule has 5 heteroatoms. The number of thioether (sulfide) groups is 1. The van der Waals surface area contributed by atoms with Crippen LogP contribution in [-0.4, -0.2) is 28.6 Å². The minimum atomic E-state index is -0.195. The van der Waals surface area contributed by atoms with Gasteiger partial charge >= 0.3 is 0 Å². The summed E-state index contributed by atoms with van der Waals surface area (Å²) in [5, 5.41) is 20.3. The number of hydrogen-bond donors (Lipinski definition) is 2. The summed E-state index contributed by atoms with van der Waals surface area (Å²) in [6.07, 6.45) is 0. The van der Waals surface area contributed by atoms with Crippen molar-refractivity contribution in [1.82, 2.24) is 0 Å². The van der Waals surface area contributed by atoms with Crippen molar-refractivity contribution < 1.29 is 9.90 Å². The van der Waals surface area contributed by atoms with Gasteiger partial charge in [-0.1, -0.05) is 13.0 Å². The molecule has 0 saturated carbocycles. The predicted molar refractivity (Wildman–Crippen MR) is 78.0 cm³/mol. The minimum Gasteiger partial charge on any atom is -0.396 e. The van der Waals surface area contributed by atoms with Crippen molar-refractivity contribution >= 4 is 23.4 Å². The maximum atomic E-state index is 11.9. The molecule has 0 aliphatic rings. The number of aliphatic hydroxyl groups is 1. The summed E-state index contributed by atoms with van der Waals surface area (Å²) in [7, 11) is 0. The first kappa shape index (κ1) is 15.5. The topological polar surface area (TPSA) is 73.1 Å². The van der Waals surface area contributed by atoms with Gasteiger partial charge in [0.15, 0.2) is 0 Å². The monoisotopic (exact) mass is 278 g/mol. The van der Waals surface area contributed by atoms with Gasteiger partial charge in [0.05, 0.1) is 16.9 Å². The molecule has 2 N–H and O–H groups in total. The molecule has 0 saturated heterocycles. The summed E-state index contributed by atoms with van der Waals surface area (Å²) in [5.74, 6) is 0.830. The standard InChI is InChI=1S/C14H18N2O2S/c1-10(8-17)9-19-11(2)14(18)16-13-5-3-4-12(6-13)7-15/h3-6,10-11,17H,8-9H2,1-2H3,(H,16,18). The molecule has 1 rings (SSSR count). The van der Waals surface area contributed by atoms with E-state index in [4.69, 9.17) is 10.4 Å². The summed E-state index contributed by atoms with van der Waals surface area (Å²) < 4.78 is 0. The molecule has 1 aromatic carbocycles. The summed E-state index contributed by atoms with van der Waals surface area (Å²) in [6, 6.07) is 8.86. The van der Waals surface area contributed by atoms with Crippen LogP contribution in [0.5, 0.6) is 0 Å². The molecular formula is C14H18N2O2S. The van der Waals surface area contributed by atoms with Crippen LogP contribution in [0.2, 0.25) is 0 Å². The molecule has 19 heavy (non-hydrogen) atoms. The first-order chi connectivity index (χ1) is 9.06. The molecular weight excluding hydrogens is 260 g/mol. The fourth-order valence-electron chi connectivity index (χ4n) is 1.35. The quantitative estimate of drug-likeness (QED) is 0.837. The van der Waals surface area contributed by atoms with E-state index >= 15 is 0 Å². The van der Waals surface area contributed by atoms with Crippen LogP contribution in [0.15, 0.2) is 24.3 Å². The zero-order valence-electron chi connectivity index (χ0n) is 11.1. The molecule has 0 heterocycles. The number of benzene rings is 1. The number of aliphatic hydroxyl groups excluding tert-OH is 1. The lowest BCUT2D eigenvalue weighted by atomic mass is 10.2. The second-order valence-corrected chi connectivity index (χ2v) is 5.82. The van der Waals surface area contributed by atoms with Crippen molar-refractivity contribution in [2.45, 2.75) is 19.1 Å². The fraction of sp³-hybridized carbons (Fsp3) is 0.429. The van der Waals surface area contributed by atoms with Gasteiger partial charge in [-0.15, -0.1) is 11.8 Å². The number of nitrogens with one attached hydrogen (secondary N) is 1. The molecule has 102 valence electrons. The van der Waals surface area contributed by atoms with E-state index in [-0.39, 0.29) is 23.7 Å². The Morgan fingerprint density at radius 3 is 2.89 bits per heavy atom. The molecule has 0 radical (unpaired) electrons. The molecule has 2 atom stereocenters. The lowest BCUT2D eigenvalue weighted by Crippen LogP contribution is -2.23. The van der Waals surface area contributed by atoms with Gasteiger partial charge in [0.1, 0.15) is 0 Å². The van der Waals surface area contributed by atoms with E-state index in [9.17, 15) is 4.79 Å². The van der Waals surface area contributed by atoms with Crippen molar-refractivity contribution in [2.24, 2.45) is 5.92 Å². The van der Waals surface area contributed by atoms with Gasteiger partial charge in [-0.3, -0.25) is 4.79 Å². The van der Waals surface area contributed by atoms with E-state index in [1.807, 2.05) is 19.9 Å². The van der Waals surface area contributed by atoms with Crippen LogP contribution in [-0.2, 0) is 4.79 Å². The van der Waals surface area contributed by atoms with Gasteiger partial charge in [-0.05, 0) is 36.8 Å². The number of rotatable bonds is 6. The van der Waals surface area contributed by atoms with E-state index < -0.39 is 0 Å². The second-order valence-electron chi connectivity index (χ2n) is 4.45. The van der Waals surface area contributed by atoms with Crippen LogP contribution >= 0.6 is 11.8 Å². The van der Waals surface area contributed by atoms with Crippen LogP contribution in [0.25, 0.3) is 0 Å². The molecule has 0 aliphatic carbocycles. The predicted octanol–water partition coefficient (Wildman–Crippen LogP) is 2.25. The molecule has 0 spiro atoms. The molecule has 0 bridgehead atoms. The third kappa shape index (κ3) is 5.33. The maximum Gasteiger partial charge on any atom is 0.237 e. The molecule has 0 aromatic heterocycles. The van der Waals surface area contributed by atoms with Crippen LogP contribution in [0, 0.1) is 17.2 Å². The molecule has 1 aromatic rings. The lowest BCUT2D eigenvalue weighted by Gasteiger charge is -2.14. The van der Waals surface area contributed by atoms with Crippen molar-refractivity contribution in [3.05, 3.63) is 29.8 Å². The Morgan fingerprint density at radius 2 is 2.26 bits per heavy atom. The Hall–Kier alpha value is -1.51. The number of hydrogen-bond acceptors (Lipinski definition) is 4. The highest BCUT2D eigenvalue weighted by molar-refractivity contribution is 8.00. The van der Waals surface area contributed by atoms with E-state index in [1.54, 1.807) is 24.3 Å². The van der Waals surface area contributed by atoms with Gasteiger partial charge < -0.3 is 10.4 Å². The summed E-state index contributed by atoms with van der Waals surface area (Å²) in [6.45, 7) is 3.90. The van der Waals surface area contributed by atoms with Crippen LogP contribution in [0.3, 0.4) is 0 Å². The number of carbonyl (C=O) groups is 1. The molecule has 1 amide bonds. The van der Waals surface area contributed by atoms with Crippen molar-refractivity contribution in [3.63, 3.8) is 0 Å². The Morgan fingerprint density at radius 1 is 1.53 bits per heavy atom. The highest BCUT2D eigenvalue weighted by atomic mass is 32.2. The average Bonchev–Trinajstić information content (AvgIpc) is 2.44. The van der Waals surface area contributed by atoms with E-state index in [1.165, 1.54) is 11.8 Å². The largest absolute Gasteiger partial charge is 0.396 e. The Kier molecular flexibility index (Phi) is 6.40. The van der Waals surface area contributed by atoms with E-state index in [0.29, 0.717) is 11.3 Å². The number of nitrogens with zero attached hydrogens (tertiary/aromatic N) is 1. The van der Waals surface area contributed by atoms with Gasteiger partial charge in [-0.2, -0.15) is 5.26 Å². The second kappa shape index (κ2) is 7.82. The SMILES string of the molecule is CC(CO)CSC(C)C(=O)Nc1cccc(C#N)c1. The van der Waals surface area contributed by atoms with Crippen molar-refractivity contribution in [2.75, 3.05) is 17.7 Å². The Bertz CT molecular complexity index is 471. The van der Waals surface area contributed by atoms with Gasteiger partial charge in [0.25, 0.3) is 0 Å². The molecule has 4 nitrogen and oxygen atoms in total. The van der Waals surface area contributed by atoms with E-state index in [0.717, 1.165) is 5.75 Å². The van der Waals surface area contributed by atoms with Crippen LogP contribution in [0.1, 0.15) is 19.4 Å². The Labute approximate surface area is 117 Å². The molecule has 2 unspecified atom stereocenters. The summed E-state index contributed by atoms with van der Waals surface area (Å²) >= 11 is 1.51. The summed E-state index contributed by atoms with van der Waals surface area (Å²) in [5.41, 5.74) is 1.15. The zero-order chi connectivity index (χ0) is 14.3. The van der Waals surface area contributed by atoms with Gasteiger partial charge in [-0.25, -0.2) is 0 Å². The van der Waals surface area contributed by atoms with Crippen molar-refractivity contribution in [3.8, 4) is 6.07 Å². The normalized spacial score (nSPS) is 13.4. The first-order valence-electron chi connectivity index (χ1n) is 6.10. The third-order valence-corrected chi connectivity index (χ3v) is 4.05. The maximum absolute atomic E-state index is 11.9. The highest BCUT2D eigenvalue weighted by Gasteiger charge is 2.14. The number of amides is 1. The minimum absolute atomic E-state index is 0.0924. The smallest absolute Gasteiger partial charge is 0.237 e. The average molecular weight is 278 g/mol. The zero-order valence-corrected chi connectivity index (χ0v) is 11.9. The molecule has 0 fully saturated rings. The Balaban J connectivity index is 2.52. The van der Waals surface area contributed by atoms with Gasteiger partial charge in [0, 0.05) is 12.3 Å². The summed E-state index contributed by atoms with van der Waals surface area (Å²) in [4.78, 5) is 11.9. The molecule has 0 aliphatic heterocycles. The highest BCUT2D eigenvalue weighted by Crippen LogP contribution is 2.17. The van der Waals surface area contributed by atoms with Crippen LogP contribution < -0.4 is 5.32 Å².